The first-order valence-corrected chi connectivity index (χ1v) is 7.46. The fraction of sp³-hybridized carbons (Fsp3) is 0.625. The first-order chi connectivity index (χ1) is 8.93. The lowest BCUT2D eigenvalue weighted by Crippen LogP contribution is -2.44. The van der Waals surface area contributed by atoms with Crippen LogP contribution < -0.4 is 5.32 Å². The molecule has 0 radical (unpaired) electrons. The van der Waals surface area contributed by atoms with E-state index in [2.05, 4.69) is 28.4 Å². The third kappa shape index (κ3) is 2.76. The van der Waals surface area contributed by atoms with Gasteiger partial charge in [-0.05, 0) is 48.8 Å². The van der Waals surface area contributed by atoms with Gasteiger partial charge in [-0.3, -0.25) is 0 Å². The van der Waals surface area contributed by atoms with Gasteiger partial charge in [0.05, 0.1) is 0 Å². The van der Waals surface area contributed by atoms with Crippen LogP contribution in [-0.4, -0.2) is 37.6 Å². The van der Waals surface area contributed by atoms with E-state index in [9.17, 15) is 0 Å². The second-order valence-corrected chi connectivity index (χ2v) is 5.60. The number of hydrogen-bond donors (Lipinski definition) is 1. The van der Waals surface area contributed by atoms with Crippen LogP contribution in [0.25, 0.3) is 0 Å². The van der Waals surface area contributed by atoms with Crippen molar-refractivity contribution in [2.75, 3.05) is 32.7 Å². The van der Waals surface area contributed by atoms with Gasteiger partial charge in [0, 0.05) is 32.7 Å². The Bertz CT molecular complexity index is 394. The average Bonchev–Trinajstić information content (AvgIpc) is 2.46. The summed E-state index contributed by atoms with van der Waals surface area (Å²) in [6.45, 7) is 5.99. The lowest BCUT2D eigenvalue weighted by molar-refractivity contribution is 0.243. The van der Waals surface area contributed by atoms with E-state index >= 15 is 0 Å². The van der Waals surface area contributed by atoms with E-state index in [0.717, 1.165) is 13.1 Å². The molecule has 18 heavy (non-hydrogen) atoms. The van der Waals surface area contributed by atoms with E-state index in [1.54, 1.807) is 16.7 Å². The van der Waals surface area contributed by atoms with Gasteiger partial charge in [0.15, 0.2) is 0 Å². The van der Waals surface area contributed by atoms with E-state index in [4.69, 9.17) is 0 Å². The summed E-state index contributed by atoms with van der Waals surface area (Å²) in [7, 11) is 0. The summed E-state index contributed by atoms with van der Waals surface area (Å²) in [6.07, 6.45) is 6.62. The van der Waals surface area contributed by atoms with E-state index in [-0.39, 0.29) is 0 Å². The molecule has 1 saturated heterocycles. The number of nitrogens with zero attached hydrogens (tertiary/aromatic N) is 1. The molecule has 1 aliphatic carbocycles. The van der Waals surface area contributed by atoms with Gasteiger partial charge < -0.3 is 10.2 Å². The van der Waals surface area contributed by atoms with E-state index < -0.39 is 0 Å². The zero-order valence-electron chi connectivity index (χ0n) is 11.3. The third-order valence-electron chi connectivity index (χ3n) is 4.40. The molecule has 1 aromatic carbocycles. The minimum absolute atomic E-state index is 1.16. The van der Waals surface area contributed by atoms with Gasteiger partial charge >= 0.3 is 0 Å². The Balaban J connectivity index is 1.65. The molecule has 0 spiro atoms. The highest BCUT2D eigenvalue weighted by molar-refractivity contribution is 5.37. The van der Waals surface area contributed by atoms with Gasteiger partial charge in [0.2, 0.25) is 0 Å². The van der Waals surface area contributed by atoms with Crippen molar-refractivity contribution in [2.45, 2.75) is 32.1 Å². The molecule has 0 unspecified atom stereocenters. The summed E-state index contributed by atoms with van der Waals surface area (Å²) in [5.41, 5.74) is 4.92. The molecule has 0 bridgehead atoms. The van der Waals surface area contributed by atoms with Crippen molar-refractivity contribution in [2.24, 2.45) is 0 Å². The molecule has 1 N–H and O–H groups in total. The summed E-state index contributed by atoms with van der Waals surface area (Å²) in [6, 6.07) is 6.95. The highest BCUT2D eigenvalue weighted by Gasteiger charge is 2.14. The van der Waals surface area contributed by atoms with Gasteiger partial charge in [-0.2, -0.15) is 0 Å². The van der Waals surface area contributed by atoms with Crippen molar-refractivity contribution in [3.05, 3.63) is 34.9 Å². The number of aryl methyl sites for hydroxylation is 1. The Labute approximate surface area is 110 Å². The molecule has 1 aromatic rings. The molecule has 3 rings (SSSR count). The summed E-state index contributed by atoms with van der Waals surface area (Å²) >= 11 is 0. The maximum Gasteiger partial charge on any atom is 0.0108 e. The Hall–Kier alpha value is -0.860. The van der Waals surface area contributed by atoms with Gasteiger partial charge in [0.1, 0.15) is 0 Å². The van der Waals surface area contributed by atoms with Crippen LogP contribution in [0.5, 0.6) is 0 Å². The van der Waals surface area contributed by atoms with E-state index in [1.165, 1.54) is 51.7 Å². The summed E-state index contributed by atoms with van der Waals surface area (Å²) in [4.78, 5) is 2.60. The average molecular weight is 244 g/mol. The second kappa shape index (κ2) is 5.85. The van der Waals surface area contributed by atoms with Crippen molar-refractivity contribution in [3.63, 3.8) is 0 Å². The maximum absolute atomic E-state index is 3.42. The van der Waals surface area contributed by atoms with Crippen molar-refractivity contribution in [1.29, 1.82) is 0 Å². The van der Waals surface area contributed by atoms with Crippen LogP contribution in [0.15, 0.2) is 18.2 Å². The van der Waals surface area contributed by atoms with Gasteiger partial charge in [-0.25, -0.2) is 0 Å². The molecule has 0 atom stereocenters. The summed E-state index contributed by atoms with van der Waals surface area (Å²) < 4.78 is 0. The first-order valence-electron chi connectivity index (χ1n) is 7.46. The van der Waals surface area contributed by atoms with Crippen LogP contribution in [0.4, 0.5) is 0 Å². The number of benzene rings is 1. The fourth-order valence-electron chi connectivity index (χ4n) is 3.31. The quantitative estimate of drug-likeness (QED) is 0.875. The van der Waals surface area contributed by atoms with Crippen molar-refractivity contribution >= 4 is 0 Å². The van der Waals surface area contributed by atoms with Crippen LogP contribution >= 0.6 is 0 Å². The van der Waals surface area contributed by atoms with Crippen molar-refractivity contribution in [3.8, 4) is 0 Å². The summed E-state index contributed by atoms with van der Waals surface area (Å²) in [5.74, 6) is 0. The molecular weight excluding hydrogens is 220 g/mol. The van der Waals surface area contributed by atoms with Crippen LogP contribution in [0.1, 0.15) is 29.5 Å². The van der Waals surface area contributed by atoms with Gasteiger partial charge in [-0.1, -0.05) is 18.2 Å². The minimum atomic E-state index is 1.16. The largest absolute Gasteiger partial charge is 0.314 e. The topological polar surface area (TPSA) is 15.3 Å². The highest BCUT2D eigenvalue weighted by Crippen LogP contribution is 2.24. The number of hydrogen-bond acceptors (Lipinski definition) is 2. The molecule has 0 saturated carbocycles. The Kier molecular flexibility index (Phi) is 3.96. The molecule has 1 aliphatic heterocycles. The molecule has 1 fully saturated rings. The second-order valence-electron chi connectivity index (χ2n) is 5.60. The third-order valence-corrected chi connectivity index (χ3v) is 4.40. The highest BCUT2D eigenvalue weighted by atomic mass is 15.2. The smallest absolute Gasteiger partial charge is 0.0108 e. The number of piperazine rings is 1. The van der Waals surface area contributed by atoms with Crippen LogP contribution in [-0.2, 0) is 19.3 Å². The lowest BCUT2D eigenvalue weighted by Gasteiger charge is -2.28. The molecule has 2 heteroatoms. The van der Waals surface area contributed by atoms with E-state index in [1.807, 2.05) is 0 Å². The van der Waals surface area contributed by atoms with E-state index in [0.29, 0.717) is 0 Å². The molecule has 1 heterocycles. The van der Waals surface area contributed by atoms with Crippen LogP contribution in [0.3, 0.4) is 0 Å². The van der Waals surface area contributed by atoms with Crippen LogP contribution in [0.2, 0.25) is 0 Å². The molecule has 0 amide bonds. The number of rotatable bonds is 3. The first kappa shape index (κ1) is 12.2. The molecule has 2 aliphatic rings. The van der Waals surface area contributed by atoms with Crippen LogP contribution in [0, 0.1) is 0 Å². The predicted octanol–water partition coefficient (Wildman–Crippen LogP) is 2.01. The molecule has 98 valence electrons. The Morgan fingerprint density at radius 1 is 1.06 bits per heavy atom. The Morgan fingerprint density at radius 2 is 1.89 bits per heavy atom. The predicted molar refractivity (Wildman–Crippen MR) is 76.1 cm³/mol. The maximum atomic E-state index is 3.42. The van der Waals surface area contributed by atoms with Crippen molar-refractivity contribution < 1.29 is 0 Å². The summed E-state index contributed by atoms with van der Waals surface area (Å²) in [5, 5.41) is 3.42. The normalized spacial score (nSPS) is 20.7. The molecular formula is C16H24N2. The number of fused-ring (bicyclic) bond motifs is 1. The molecule has 0 aromatic heterocycles. The van der Waals surface area contributed by atoms with Gasteiger partial charge in [0.25, 0.3) is 0 Å². The molecule has 2 nitrogen and oxygen atoms in total. The fourth-order valence-corrected chi connectivity index (χ4v) is 3.31. The minimum Gasteiger partial charge on any atom is -0.314 e. The zero-order valence-corrected chi connectivity index (χ0v) is 11.3. The van der Waals surface area contributed by atoms with Crippen molar-refractivity contribution in [1.82, 2.24) is 10.2 Å². The SMILES string of the molecule is c1cc2c(c(CCN3CCNCC3)c1)CCCC2. The Morgan fingerprint density at radius 3 is 2.78 bits per heavy atom. The monoisotopic (exact) mass is 244 g/mol. The van der Waals surface area contributed by atoms with Gasteiger partial charge in [-0.15, -0.1) is 0 Å². The standard InChI is InChI=1S/C16H24N2/c1-2-7-16-14(4-1)5-3-6-15(16)8-11-18-12-9-17-10-13-18/h3,5-6,17H,1-2,4,7-13H2. The zero-order chi connectivity index (χ0) is 12.2. The number of nitrogens with one attached hydrogen (secondary N) is 1. The lowest BCUT2D eigenvalue weighted by atomic mass is 9.87.